The summed E-state index contributed by atoms with van der Waals surface area (Å²) >= 11 is 0. The fourth-order valence-corrected chi connectivity index (χ4v) is 2.12. The molecule has 2 heterocycles. The average Bonchev–Trinajstić information content (AvgIpc) is 2.71. The van der Waals surface area contributed by atoms with Gasteiger partial charge in [-0.05, 0) is 20.3 Å². The Morgan fingerprint density at radius 3 is 2.87 bits per heavy atom. The van der Waals surface area contributed by atoms with E-state index in [1.807, 2.05) is 20.9 Å². The molecule has 1 aliphatic rings. The van der Waals surface area contributed by atoms with Crippen molar-refractivity contribution in [1.82, 2.24) is 9.78 Å². The number of hydrogen-bond donors (Lipinski definition) is 0. The molecule has 1 fully saturated rings. The van der Waals surface area contributed by atoms with Gasteiger partial charge >= 0.3 is 0 Å². The van der Waals surface area contributed by atoms with Gasteiger partial charge in [-0.3, -0.25) is 9.48 Å². The zero-order chi connectivity index (χ0) is 11.0. The summed E-state index contributed by atoms with van der Waals surface area (Å²) in [4.78, 5) is 12.2. The Labute approximate surface area is 89.2 Å². The minimum absolute atomic E-state index is 0.00731. The average molecular weight is 208 g/mol. The smallest absolute Gasteiger partial charge is 0.172 e. The highest BCUT2D eigenvalue weighted by molar-refractivity contribution is 5.99. The Kier molecular flexibility index (Phi) is 2.61. The molecule has 1 aromatic heterocycles. The zero-order valence-electron chi connectivity index (χ0n) is 9.36. The first-order valence-corrected chi connectivity index (χ1v) is 5.25. The third-order valence-corrected chi connectivity index (χ3v) is 2.99. The van der Waals surface area contributed by atoms with Crippen LogP contribution in [0.1, 0.15) is 29.4 Å². The van der Waals surface area contributed by atoms with Crippen LogP contribution in [0.15, 0.2) is 6.20 Å². The lowest BCUT2D eigenvalue weighted by Gasteiger charge is -2.11. The summed E-state index contributed by atoms with van der Waals surface area (Å²) in [6.07, 6.45) is 2.66. The van der Waals surface area contributed by atoms with E-state index in [9.17, 15) is 4.79 Å². The molecule has 1 aliphatic heterocycles. The Hall–Kier alpha value is -1.16. The van der Waals surface area contributed by atoms with Crippen molar-refractivity contribution in [2.75, 3.05) is 6.61 Å². The number of hydrogen-bond acceptors (Lipinski definition) is 3. The van der Waals surface area contributed by atoms with Crippen molar-refractivity contribution in [1.29, 1.82) is 0 Å². The van der Waals surface area contributed by atoms with Crippen LogP contribution in [0.5, 0.6) is 0 Å². The minimum Gasteiger partial charge on any atom is -0.378 e. The fraction of sp³-hybridized carbons (Fsp3) is 0.636. The summed E-state index contributed by atoms with van der Waals surface area (Å²) in [6.45, 7) is 4.52. The molecule has 2 rings (SSSR count). The predicted octanol–water partition coefficient (Wildman–Crippen LogP) is 1.34. The lowest BCUT2D eigenvalue weighted by atomic mass is 9.93. The Bertz CT molecular complexity index is 384. The van der Waals surface area contributed by atoms with E-state index in [1.54, 1.807) is 10.9 Å². The van der Waals surface area contributed by atoms with Gasteiger partial charge in [0.1, 0.15) is 0 Å². The molecule has 4 heteroatoms. The van der Waals surface area contributed by atoms with E-state index in [0.29, 0.717) is 6.61 Å². The maximum Gasteiger partial charge on any atom is 0.172 e. The number of rotatable bonds is 2. The van der Waals surface area contributed by atoms with Crippen molar-refractivity contribution >= 4 is 5.78 Å². The summed E-state index contributed by atoms with van der Waals surface area (Å²) in [5.74, 6) is 0.179. The van der Waals surface area contributed by atoms with Crippen LogP contribution < -0.4 is 0 Å². The van der Waals surface area contributed by atoms with E-state index >= 15 is 0 Å². The number of carbonyl (C=O) groups is 1. The second kappa shape index (κ2) is 3.77. The first-order valence-electron chi connectivity index (χ1n) is 5.25. The van der Waals surface area contributed by atoms with Gasteiger partial charge in [0.15, 0.2) is 5.78 Å². The van der Waals surface area contributed by atoms with Crippen molar-refractivity contribution in [3.8, 4) is 0 Å². The molecule has 15 heavy (non-hydrogen) atoms. The molecule has 2 atom stereocenters. The van der Waals surface area contributed by atoms with Crippen molar-refractivity contribution in [2.24, 2.45) is 13.0 Å². The highest BCUT2D eigenvalue weighted by atomic mass is 16.5. The molecule has 0 radical (unpaired) electrons. The first kappa shape index (κ1) is 10.4. The van der Waals surface area contributed by atoms with Gasteiger partial charge in [-0.15, -0.1) is 0 Å². The van der Waals surface area contributed by atoms with Gasteiger partial charge in [0, 0.05) is 19.9 Å². The van der Waals surface area contributed by atoms with Crippen molar-refractivity contribution in [2.45, 2.75) is 26.4 Å². The van der Waals surface area contributed by atoms with E-state index in [-0.39, 0.29) is 17.8 Å². The number of nitrogens with zero attached hydrogens (tertiary/aromatic N) is 2. The molecule has 0 aromatic carbocycles. The summed E-state index contributed by atoms with van der Waals surface area (Å²) < 4.78 is 7.09. The molecule has 1 aromatic rings. The monoisotopic (exact) mass is 208 g/mol. The molecule has 82 valence electrons. The minimum atomic E-state index is 0.00731. The standard InChI is InChI=1S/C11H16N2O2/c1-7-10(6-13(3)12-7)11(14)9-4-5-15-8(9)2/h6,8-9H,4-5H2,1-3H3. The largest absolute Gasteiger partial charge is 0.378 e. The second-order valence-electron chi connectivity index (χ2n) is 4.14. The molecule has 0 spiro atoms. The number of aryl methyl sites for hydroxylation is 2. The van der Waals surface area contributed by atoms with Crippen LogP contribution in [0.4, 0.5) is 0 Å². The highest BCUT2D eigenvalue weighted by Gasteiger charge is 2.32. The predicted molar refractivity (Wildman–Crippen MR) is 55.8 cm³/mol. The van der Waals surface area contributed by atoms with Gasteiger partial charge in [0.25, 0.3) is 0 Å². The van der Waals surface area contributed by atoms with Crippen LogP contribution in [-0.4, -0.2) is 28.3 Å². The fourth-order valence-electron chi connectivity index (χ4n) is 2.12. The normalized spacial score (nSPS) is 25.8. The van der Waals surface area contributed by atoms with Gasteiger partial charge < -0.3 is 4.74 Å². The maximum atomic E-state index is 12.2. The molecule has 0 saturated carbocycles. The molecule has 1 saturated heterocycles. The molecule has 2 unspecified atom stereocenters. The summed E-state index contributed by atoms with van der Waals surface area (Å²) in [7, 11) is 1.83. The molecular weight excluding hydrogens is 192 g/mol. The molecule has 4 nitrogen and oxygen atoms in total. The number of Topliss-reactive ketones (excluding diaryl/α,β-unsaturated/α-hetero) is 1. The summed E-state index contributed by atoms with van der Waals surface area (Å²) in [6, 6.07) is 0. The molecule has 0 aliphatic carbocycles. The van der Waals surface area contributed by atoms with Crippen molar-refractivity contribution < 1.29 is 9.53 Å². The quantitative estimate of drug-likeness (QED) is 0.689. The number of ether oxygens (including phenoxy) is 1. The Balaban J connectivity index is 2.24. The van der Waals surface area contributed by atoms with Crippen LogP contribution in [0.2, 0.25) is 0 Å². The second-order valence-corrected chi connectivity index (χ2v) is 4.14. The van der Waals surface area contributed by atoms with Gasteiger partial charge in [-0.25, -0.2) is 0 Å². The molecular formula is C11H16N2O2. The van der Waals surface area contributed by atoms with E-state index < -0.39 is 0 Å². The highest BCUT2D eigenvalue weighted by Crippen LogP contribution is 2.25. The number of aromatic nitrogens is 2. The Morgan fingerprint density at radius 2 is 2.40 bits per heavy atom. The maximum absolute atomic E-state index is 12.2. The first-order chi connectivity index (χ1) is 7.09. The van der Waals surface area contributed by atoms with E-state index in [1.165, 1.54) is 0 Å². The van der Waals surface area contributed by atoms with Gasteiger partial charge in [-0.1, -0.05) is 0 Å². The van der Waals surface area contributed by atoms with Gasteiger partial charge in [0.2, 0.25) is 0 Å². The van der Waals surface area contributed by atoms with Crippen LogP contribution in [0, 0.1) is 12.8 Å². The molecule has 0 amide bonds. The molecule has 0 N–H and O–H groups in total. The third kappa shape index (κ3) is 1.81. The number of carbonyl (C=O) groups excluding carboxylic acids is 1. The van der Waals surface area contributed by atoms with E-state index in [2.05, 4.69) is 5.10 Å². The van der Waals surface area contributed by atoms with E-state index in [4.69, 9.17) is 4.74 Å². The van der Waals surface area contributed by atoms with Crippen LogP contribution >= 0.6 is 0 Å². The Morgan fingerprint density at radius 1 is 1.67 bits per heavy atom. The van der Waals surface area contributed by atoms with Gasteiger partial charge in [-0.2, -0.15) is 5.10 Å². The SMILES string of the molecule is Cc1nn(C)cc1C(=O)C1CCOC1C. The lowest BCUT2D eigenvalue weighted by Crippen LogP contribution is -2.21. The summed E-state index contributed by atoms with van der Waals surface area (Å²) in [5, 5.41) is 4.18. The van der Waals surface area contributed by atoms with Crippen LogP contribution in [-0.2, 0) is 11.8 Å². The lowest BCUT2D eigenvalue weighted by molar-refractivity contribution is 0.0764. The van der Waals surface area contributed by atoms with Crippen LogP contribution in [0.3, 0.4) is 0 Å². The topological polar surface area (TPSA) is 44.1 Å². The van der Waals surface area contributed by atoms with E-state index in [0.717, 1.165) is 17.7 Å². The van der Waals surface area contributed by atoms with Crippen molar-refractivity contribution in [3.05, 3.63) is 17.5 Å². The van der Waals surface area contributed by atoms with Gasteiger partial charge in [0.05, 0.1) is 23.3 Å². The van der Waals surface area contributed by atoms with Crippen LogP contribution in [0.25, 0.3) is 0 Å². The zero-order valence-corrected chi connectivity index (χ0v) is 9.36. The van der Waals surface area contributed by atoms with Crippen molar-refractivity contribution in [3.63, 3.8) is 0 Å². The molecule has 0 bridgehead atoms. The third-order valence-electron chi connectivity index (χ3n) is 2.99. The summed E-state index contributed by atoms with van der Waals surface area (Å²) in [5.41, 5.74) is 1.54. The number of ketones is 1.